The molecule has 0 spiro atoms. The van der Waals surface area contributed by atoms with E-state index in [4.69, 9.17) is 11.5 Å². The SMILES string of the molecule is Cn1cc(C(N)C2CC(N)C2)c2ccccc21. The highest BCUT2D eigenvalue weighted by Gasteiger charge is 2.32. The summed E-state index contributed by atoms with van der Waals surface area (Å²) >= 11 is 0. The standard InChI is InChI=1S/C14H19N3/c1-17-8-12(11-4-2-3-5-13(11)17)14(16)9-6-10(15)7-9/h2-5,8-10,14H,6-7,15-16H2,1H3. The van der Waals surface area contributed by atoms with E-state index in [-0.39, 0.29) is 6.04 Å². The second-order valence-corrected chi connectivity index (χ2v) is 5.23. The molecular formula is C14H19N3. The Hall–Kier alpha value is -1.32. The summed E-state index contributed by atoms with van der Waals surface area (Å²) < 4.78 is 2.16. The van der Waals surface area contributed by atoms with Crippen molar-refractivity contribution in [3.8, 4) is 0 Å². The number of fused-ring (bicyclic) bond motifs is 1. The number of benzene rings is 1. The topological polar surface area (TPSA) is 57.0 Å². The molecule has 0 saturated heterocycles. The Bertz CT molecular complexity index is 537. The lowest BCUT2D eigenvalue weighted by molar-refractivity contribution is 0.224. The normalized spacial score (nSPS) is 25.8. The van der Waals surface area contributed by atoms with Crippen molar-refractivity contribution in [3.05, 3.63) is 36.0 Å². The lowest BCUT2D eigenvalue weighted by Crippen LogP contribution is -2.41. The molecule has 4 N–H and O–H groups in total. The summed E-state index contributed by atoms with van der Waals surface area (Å²) in [6.07, 6.45) is 4.29. The number of hydrogen-bond donors (Lipinski definition) is 2. The molecule has 1 aromatic heterocycles. The van der Waals surface area contributed by atoms with Crippen molar-refractivity contribution in [3.63, 3.8) is 0 Å². The summed E-state index contributed by atoms with van der Waals surface area (Å²) in [7, 11) is 2.07. The van der Waals surface area contributed by atoms with Gasteiger partial charge in [-0.3, -0.25) is 0 Å². The Kier molecular flexibility index (Phi) is 2.45. The van der Waals surface area contributed by atoms with Gasteiger partial charge in [-0.2, -0.15) is 0 Å². The molecule has 1 saturated carbocycles. The fourth-order valence-corrected chi connectivity index (χ4v) is 2.89. The molecule has 0 radical (unpaired) electrons. The van der Waals surface area contributed by atoms with Crippen LogP contribution in [0.3, 0.4) is 0 Å². The quantitative estimate of drug-likeness (QED) is 0.826. The second kappa shape index (κ2) is 3.86. The maximum absolute atomic E-state index is 6.37. The van der Waals surface area contributed by atoms with E-state index in [0.717, 1.165) is 12.8 Å². The largest absolute Gasteiger partial charge is 0.350 e. The Morgan fingerprint density at radius 2 is 2.00 bits per heavy atom. The minimum Gasteiger partial charge on any atom is -0.350 e. The van der Waals surface area contributed by atoms with Crippen molar-refractivity contribution in [2.45, 2.75) is 24.9 Å². The van der Waals surface area contributed by atoms with Gasteiger partial charge in [-0.25, -0.2) is 0 Å². The zero-order valence-corrected chi connectivity index (χ0v) is 10.1. The van der Waals surface area contributed by atoms with Gasteiger partial charge >= 0.3 is 0 Å². The third-order valence-electron chi connectivity index (χ3n) is 4.01. The van der Waals surface area contributed by atoms with Crippen LogP contribution in [0.25, 0.3) is 10.9 Å². The first-order valence-corrected chi connectivity index (χ1v) is 6.22. The van der Waals surface area contributed by atoms with Gasteiger partial charge in [0.1, 0.15) is 0 Å². The van der Waals surface area contributed by atoms with Crippen LogP contribution in [-0.2, 0) is 7.05 Å². The van der Waals surface area contributed by atoms with Gasteiger partial charge in [0.2, 0.25) is 0 Å². The zero-order valence-electron chi connectivity index (χ0n) is 10.1. The lowest BCUT2D eigenvalue weighted by Gasteiger charge is -2.36. The minimum absolute atomic E-state index is 0.126. The summed E-state index contributed by atoms with van der Waals surface area (Å²) in [5.74, 6) is 0.552. The number of nitrogens with two attached hydrogens (primary N) is 2. The molecular weight excluding hydrogens is 210 g/mol. The fourth-order valence-electron chi connectivity index (χ4n) is 2.89. The number of nitrogens with zero attached hydrogens (tertiary/aromatic N) is 1. The third-order valence-corrected chi connectivity index (χ3v) is 4.01. The Balaban J connectivity index is 2.00. The maximum Gasteiger partial charge on any atom is 0.0481 e. The molecule has 90 valence electrons. The number of hydrogen-bond acceptors (Lipinski definition) is 2. The van der Waals surface area contributed by atoms with Crippen molar-refractivity contribution in [1.29, 1.82) is 0 Å². The first kappa shape index (κ1) is 10.8. The van der Waals surface area contributed by atoms with Crippen molar-refractivity contribution in [2.75, 3.05) is 0 Å². The average Bonchev–Trinajstić information content (AvgIpc) is 2.63. The molecule has 3 heteroatoms. The molecule has 0 bridgehead atoms. The van der Waals surface area contributed by atoms with Gasteiger partial charge in [-0.1, -0.05) is 18.2 Å². The molecule has 1 fully saturated rings. The number of aromatic nitrogens is 1. The van der Waals surface area contributed by atoms with Gasteiger partial charge in [0.05, 0.1) is 0 Å². The molecule has 1 unspecified atom stereocenters. The molecule has 0 aliphatic heterocycles. The average molecular weight is 229 g/mol. The summed E-state index contributed by atoms with van der Waals surface area (Å²) in [5, 5.41) is 1.28. The van der Waals surface area contributed by atoms with E-state index in [0.29, 0.717) is 12.0 Å². The van der Waals surface area contributed by atoms with E-state index in [1.807, 2.05) is 0 Å². The monoisotopic (exact) mass is 229 g/mol. The van der Waals surface area contributed by atoms with Crippen molar-refractivity contribution in [2.24, 2.45) is 24.4 Å². The van der Waals surface area contributed by atoms with E-state index >= 15 is 0 Å². The van der Waals surface area contributed by atoms with E-state index in [2.05, 4.69) is 42.1 Å². The number of para-hydroxylation sites is 1. The Morgan fingerprint density at radius 1 is 1.29 bits per heavy atom. The van der Waals surface area contributed by atoms with Gasteiger partial charge in [-0.15, -0.1) is 0 Å². The van der Waals surface area contributed by atoms with Crippen LogP contribution in [-0.4, -0.2) is 10.6 Å². The molecule has 0 amide bonds. The second-order valence-electron chi connectivity index (χ2n) is 5.23. The van der Waals surface area contributed by atoms with Crippen LogP contribution < -0.4 is 11.5 Å². The fraction of sp³-hybridized carbons (Fsp3) is 0.429. The van der Waals surface area contributed by atoms with Crippen LogP contribution >= 0.6 is 0 Å². The molecule has 3 rings (SSSR count). The lowest BCUT2D eigenvalue weighted by atomic mass is 9.74. The van der Waals surface area contributed by atoms with Crippen LogP contribution in [0.4, 0.5) is 0 Å². The third kappa shape index (κ3) is 1.66. The highest BCUT2D eigenvalue weighted by Crippen LogP contribution is 2.38. The van der Waals surface area contributed by atoms with E-state index in [1.54, 1.807) is 0 Å². The summed E-state index contributed by atoms with van der Waals surface area (Å²) in [6, 6.07) is 8.92. The van der Waals surface area contributed by atoms with Crippen LogP contribution in [0.5, 0.6) is 0 Å². The molecule has 3 nitrogen and oxygen atoms in total. The highest BCUT2D eigenvalue weighted by molar-refractivity contribution is 5.84. The summed E-state index contributed by atoms with van der Waals surface area (Å²) in [6.45, 7) is 0. The Morgan fingerprint density at radius 3 is 2.71 bits per heavy atom. The van der Waals surface area contributed by atoms with Crippen LogP contribution in [0.2, 0.25) is 0 Å². The number of rotatable bonds is 2. The zero-order chi connectivity index (χ0) is 12.0. The highest BCUT2D eigenvalue weighted by atomic mass is 14.9. The van der Waals surface area contributed by atoms with E-state index < -0.39 is 0 Å². The van der Waals surface area contributed by atoms with Crippen LogP contribution in [0.15, 0.2) is 30.5 Å². The van der Waals surface area contributed by atoms with Gasteiger partial charge in [0.25, 0.3) is 0 Å². The van der Waals surface area contributed by atoms with Gasteiger partial charge in [0.15, 0.2) is 0 Å². The molecule has 1 heterocycles. The van der Waals surface area contributed by atoms with Gasteiger partial charge < -0.3 is 16.0 Å². The molecule has 1 aliphatic rings. The minimum atomic E-state index is 0.126. The van der Waals surface area contributed by atoms with Crippen LogP contribution in [0.1, 0.15) is 24.4 Å². The molecule has 1 aliphatic carbocycles. The first-order valence-electron chi connectivity index (χ1n) is 6.22. The predicted molar refractivity (Wildman–Crippen MR) is 70.5 cm³/mol. The molecule has 1 aromatic carbocycles. The van der Waals surface area contributed by atoms with E-state index in [9.17, 15) is 0 Å². The van der Waals surface area contributed by atoms with Crippen LogP contribution in [0, 0.1) is 5.92 Å². The molecule has 17 heavy (non-hydrogen) atoms. The van der Waals surface area contributed by atoms with Gasteiger partial charge in [-0.05, 0) is 30.4 Å². The van der Waals surface area contributed by atoms with Crippen molar-refractivity contribution >= 4 is 10.9 Å². The number of aryl methyl sites for hydroxylation is 1. The first-order chi connectivity index (χ1) is 8.16. The molecule has 1 atom stereocenters. The van der Waals surface area contributed by atoms with Gasteiger partial charge in [0, 0.05) is 36.2 Å². The summed E-state index contributed by atoms with van der Waals surface area (Å²) in [4.78, 5) is 0. The molecule has 2 aromatic rings. The summed E-state index contributed by atoms with van der Waals surface area (Å²) in [5.41, 5.74) is 14.7. The van der Waals surface area contributed by atoms with Crippen molar-refractivity contribution < 1.29 is 0 Å². The predicted octanol–water partition coefficient (Wildman–Crippen LogP) is 1.92. The van der Waals surface area contributed by atoms with Crippen molar-refractivity contribution in [1.82, 2.24) is 4.57 Å². The smallest absolute Gasteiger partial charge is 0.0481 e. The Labute approximate surface area is 101 Å². The maximum atomic E-state index is 6.37. The van der Waals surface area contributed by atoms with E-state index in [1.165, 1.54) is 16.5 Å².